The van der Waals surface area contributed by atoms with Crippen LogP contribution in [0.15, 0.2) is 67.5 Å². The fraction of sp³-hybridized carbons (Fsp3) is 0.388. The highest BCUT2D eigenvalue weighted by molar-refractivity contribution is 5.84. The van der Waals surface area contributed by atoms with Gasteiger partial charge in [0, 0.05) is 132 Å². The Labute approximate surface area is 389 Å². The fourth-order valence-electron chi connectivity index (χ4n) is 9.53. The lowest BCUT2D eigenvalue weighted by atomic mass is 10.0. The summed E-state index contributed by atoms with van der Waals surface area (Å²) in [7, 11) is 2.68. The van der Waals surface area contributed by atoms with Gasteiger partial charge in [-0.2, -0.15) is 20.4 Å². The van der Waals surface area contributed by atoms with Crippen molar-refractivity contribution in [3.8, 4) is 39.5 Å². The maximum absolute atomic E-state index is 16.2. The first kappa shape index (κ1) is 44.9. The number of likely N-dealkylation sites (tertiary alicyclic amines) is 2. The summed E-state index contributed by atoms with van der Waals surface area (Å²) in [5.74, 6) is -3.23. The normalized spacial score (nSPS) is 15.5. The molecule has 2 N–H and O–H groups in total. The molecule has 15 nitrogen and oxygen atoms in total. The summed E-state index contributed by atoms with van der Waals surface area (Å²) in [6.45, 7) is 7.96. The Kier molecular flexibility index (Phi) is 12.8. The average molecular weight is 933 g/mol. The molecule has 0 radical (unpaired) electrons. The highest BCUT2D eigenvalue weighted by Crippen LogP contribution is 2.36. The van der Waals surface area contributed by atoms with Crippen molar-refractivity contribution in [2.24, 2.45) is 0 Å². The Morgan fingerprint density at radius 1 is 0.618 bits per heavy atom. The number of aromatic nitrogens is 10. The Hall–Kier alpha value is -6.86. The lowest BCUT2D eigenvalue weighted by Crippen LogP contribution is -2.35. The van der Waals surface area contributed by atoms with E-state index in [2.05, 4.69) is 57.3 Å². The highest BCUT2D eigenvalue weighted by atomic mass is 19.1. The Bertz CT molecular complexity index is 3060. The predicted molar refractivity (Wildman–Crippen MR) is 247 cm³/mol. The number of benzene rings is 2. The summed E-state index contributed by atoms with van der Waals surface area (Å²) in [5, 5.41) is 25.1. The van der Waals surface area contributed by atoms with E-state index >= 15 is 8.78 Å². The lowest BCUT2D eigenvalue weighted by Gasteiger charge is -2.32. The van der Waals surface area contributed by atoms with Crippen LogP contribution >= 0.6 is 0 Å². The van der Waals surface area contributed by atoms with Crippen molar-refractivity contribution in [2.45, 2.75) is 64.0 Å². The topological polar surface area (TPSA) is 153 Å². The number of rotatable bonds is 16. The van der Waals surface area contributed by atoms with Crippen LogP contribution in [0.1, 0.15) is 73.6 Å². The van der Waals surface area contributed by atoms with Crippen molar-refractivity contribution < 1.29 is 31.8 Å². The number of nitrogens with one attached hydrogen (secondary N) is 2. The fourth-order valence-corrected chi connectivity index (χ4v) is 9.53. The van der Waals surface area contributed by atoms with Gasteiger partial charge in [0.2, 0.25) is 0 Å². The van der Waals surface area contributed by atoms with Crippen LogP contribution in [-0.2, 0) is 12.8 Å². The Balaban J connectivity index is 0.741. The number of methoxy groups -OCH3 is 2. The monoisotopic (exact) mass is 932 g/mol. The number of hydrogen-bond donors (Lipinski definition) is 2. The zero-order chi connectivity index (χ0) is 46.9. The second-order valence-electron chi connectivity index (χ2n) is 17.5. The molecule has 354 valence electrons. The molecule has 0 unspecified atom stereocenters. The third-order valence-electron chi connectivity index (χ3n) is 13.6. The minimum atomic E-state index is -0.798. The molecule has 19 heteroatoms. The minimum Gasteiger partial charge on any atom is -0.494 e. The van der Waals surface area contributed by atoms with E-state index in [1.165, 1.54) is 32.4 Å². The molecule has 2 saturated heterocycles. The molecule has 0 amide bonds. The molecule has 68 heavy (non-hydrogen) atoms. The van der Waals surface area contributed by atoms with Gasteiger partial charge < -0.3 is 24.0 Å². The van der Waals surface area contributed by atoms with Crippen molar-refractivity contribution in [3.05, 3.63) is 113 Å². The highest BCUT2D eigenvalue weighted by Gasteiger charge is 2.26. The molecule has 8 aromatic rings. The van der Waals surface area contributed by atoms with Gasteiger partial charge in [-0.15, -0.1) is 0 Å². The first-order valence-electron chi connectivity index (χ1n) is 23.1. The molecule has 0 bridgehead atoms. The summed E-state index contributed by atoms with van der Waals surface area (Å²) >= 11 is 0. The van der Waals surface area contributed by atoms with Crippen LogP contribution in [-0.4, -0.2) is 120 Å². The number of hydrogen-bond acceptors (Lipinski definition) is 11. The van der Waals surface area contributed by atoms with E-state index in [4.69, 9.17) is 14.2 Å². The van der Waals surface area contributed by atoms with E-state index in [9.17, 15) is 8.78 Å². The van der Waals surface area contributed by atoms with Crippen molar-refractivity contribution in [3.63, 3.8) is 0 Å². The molecule has 0 saturated carbocycles. The molecular weight excluding hydrogens is 881 g/mol. The maximum atomic E-state index is 16.2. The average Bonchev–Trinajstić information content (AvgIpc) is 4.21. The first-order valence-corrected chi connectivity index (χ1v) is 23.1. The van der Waals surface area contributed by atoms with E-state index in [-0.39, 0.29) is 53.9 Å². The van der Waals surface area contributed by atoms with Crippen LogP contribution in [0, 0.1) is 23.3 Å². The summed E-state index contributed by atoms with van der Waals surface area (Å²) in [6.07, 6.45) is 15.4. The van der Waals surface area contributed by atoms with Crippen LogP contribution in [0.4, 0.5) is 17.6 Å². The maximum Gasteiger partial charge on any atom is 0.181 e. The second-order valence-corrected chi connectivity index (χ2v) is 17.5. The van der Waals surface area contributed by atoms with Crippen molar-refractivity contribution in [2.75, 3.05) is 60.1 Å². The molecule has 2 aliphatic rings. The van der Waals surface area contributed by atoms with Crippen LogP contribution in [0.25, 0.3) is 44.3 Å². The van der Waals surface area contributed by atoms with Crippen molar-refractivity contribution in [1.29, 1.82) is 0 Å². The number of H-pyrrole nitrogens is 2. The van der Waals surface area contributed by atoms with E-state index in [0.29, 0.717) is 45.9 Å². The number of ether oxygens (including phenoxy) is 3. The van der Waals surface area contributed by atoms with E-state index < -0.39 is 23.3 Å². The summed E-state index contributed by atoms with van der Waals surface area (Å²) in [4.78, 5) is 13.8. The van der Waals surface area contributed by atoms with Gasteiger partial charge in [-0.25, -0.2) is 27.5 Å². The molecule has 2 aliphatic heterocycles. The molecule has 10 rings (SSSR count). The molecule has 0 atom stereocenters. The second kappa shape index (κ2) is 19.4. The van der Waals surface area contributed by atoms with Crippen molar-refractivity contribution >= 4 is 22.1 Å². The third-order valence-corrected chi connectivity index (χ3v) is 13.6. The van der Waals surface area contributed by atoms with Gasteiger partial charge in [-0.1, -0.05) is 6.92 Å². The Morgan fingerprint density at radius 2 is 1.15 bits per heavy atom. The smallest absolute Gasteiger partial charge is 0.181 e. The zero-order valence-electron chi connectivity index (χ0n) is 38.1. The van der Waals surface area contributed by atoms with Crippen molar-refractivity contribution in [1.82, 2.24) is 59.7 Å². The van der Waals surface area contributed by atoms with Gasteiger partial charge in [-0.05, 0) is 62.9 Å². The number of nitrogens with zero attached hydrogens (tertiary/aromatic N) is 10. The number of halogens is 4. The first-order chi connectivity index (χ1) is 33.2. The van der Waals surface area contributed by atoms with Crippen LogP contribution in [0.2, 0.25) is 0 Å². The molecule has 0 spiro atoms. The van der Waals surface area contributed by atoms with Gasteiger partial charge in [0.25, 0.3) is 0 Å². The summed E-state index contributed by atoms with van der Waals surface area (Å²) in [6, 6.07) is 8.07. The van der Waals surface area contributed by atoms with E-state index in [0.717, 1.165) is 87.2 Å². The molecule has 0 aliphatic carbocycles. The third kappa shape index (κ3) is 8.99. The standard InChI is InChI=1S/C49H52F4N12O3/c1-4-62-13-8-33(9-14-62)64-27-31(25-56-64)30-19-37-41(59-61-49(37)55-24-30)21-38-46(52)43(67-3)22-44(47(38)53)68-17-5-12-63-15-10-34(11-16-63)65-28-32(26-57-65)29-18-36-40(58-60-48(36)54-23-29)20-35-39(50)6-7-42(66-2)45(35)51/h6-7,18-19,22-28,33-34H,4-5,8-17,20-21H2,1-3H3,(H,54,58,60)(H,55,59,61). The number of pyridine rings is 2. The molecule has 6 aromatic heterocycles. The van der Waals surface area contributed by atoms with Crippen LogP contribution in [0.5, 0.6) is 17.2 Å². The van der Waals surface area contributed by atoms with Gasteiger partial charge >= 0.3 is 0 Å². The van der Waals surface area contributed by atoms with E-state index in [1.807, 2.05) is 40.1 Å². The van der Waals surface area contributed by atoms with Gasteiger partial charge in [-0.3, -0.25) is 19.6 Å². The van der Waals surface area contributed by atoms with E-state index in [1.54, 1.807) is 18.6 Å². The summed E-state index contributed by atoms with van der Waals surface area (Å²) in [5.41, 5.74) is 5.03. The molecular formula is C49H52F4N12O3. The van der Waals surface area contributed by atoms with Gasteiger partial charge in [0.15, 0.2) is 46.0 Å². The Morgan fingerprint density at radius 3 is 1.71 bits per heavy atom. The van der Waals surface area contributed by atoms with Crippen LogP contribution in [0.3, 0.4) is 0 Å². The number of fused-ring (bicyclic) bond motifs is 2. The van der Waals surface area contributed by atoms with Crippen LogP contribution < -0.4 is 14.2 Å². The van der Waals surface area contributed by atoms with Gasteiger partial charge in [0.1, 0.15) is 5.82 Å². The molecule has 8 heterocycles. The number of aromatic amines is 2. The SMILES string of the molecule is CCN1CCC(n2cc(-c3cnc4n[nH]c(Cc5c(F)c(OC)cc(OCCCN6CCC(n7cc(-c8cnc9n[nH]c(Cc%10c(F)ccc(OC)c%10F)c9c8)cn7)CC6)c5F)c4c3)cn2)CC1. The largest absolute Gasteiger partial charge is 0.494 e. The lowest BCUT2D eigenvalue weighted by molar-refractivity contribution is 0.166. The summed E-state index contributed by atoms with van der Waals surface area (Å²) < 4.78 is 82.0. The quantitative estimate of drug-likeness (QED) is 0.0709. The molecule has 2 aromatic carbocycles. The van der Waals surface area contributed by atoms with Gasteiger partial charge in [0.05, 0.1) is 45.3 Å². The number of piperidine rings is 2. The predicted octanol–water partition coefficient (Wildman–Crippen LogP) is 8.47. The molecule has 2 fully saturated rings. The zero-order valence-corrected chi connectivity index (χ0v) is 38.1. The minimum absolute atomic E-state index is 0.0338.